The molecule has 0 bridgehead atoms. The molecule has 2 aromatic carbocycles. The number of unbranched alkanes of at least 4 members (excludes halogenated alkanes) is 1. The van der Waals surface area contributed by atoms with Crippen molar-refractivity contribution in [2.75, 3.05) is 37.8 Å². The van der Waals surface area contributed by atoms with Crippen LogP contribution >= 0.6 is 12.6 Å². The maximum absolute atomic E-state index is 12.7. The van der Waals surface area contributed by atoms with Gasteiger partial charge in [-0.05, 0) is 42.2 Å². The van der Waals surface area contributed by atoms with Crippen LogP contribution in [0.3, 0.4) is 0 Å². The van der Waals surface area contributed by atoms with Crippen LogP contribution in [0.15, 0.2) is 41.3 Å². The van der Waals surface area contributed by atoms with Crippen molar-refractivity contribution >= 4 is 45.0 Å². The summed E-state index contributed by atoms with van der Waals surface area (Å²) in [4.78, 5) is 13.6. The number of carbonyl (C=O) groups excluding carboxylic acids is 1. The molecule has 27 heavy (non-hydrogen) atoms. The molecule has 0 aliphatic carbocycles. The highest BCUT2D eigenvalue weighted by Crippen LogP contribution is 2.26. The van der Waals surface area contributed by atoms with Gasteiger partial charge in [0, 0.05) is 44.7 Å². The molecule has 2 aromatic rings. The van der Waals surface area contributed by atoms with Gasteiger partial charge in [0.2, 0.25) is 15.9 Å². The van der Waals surface area contributed by atoms with Crippen molar-refractivity contribution in [2.24, 2.45) is 0 Å². The van der Waals surface area contributed by atoms with E-state index in [4.69, 9.17) is 0 Å². The summed E-state index contributed by atoms with van der Waals surface area (Å²) >= 11 is 4.01. The van der Waals surface area contributed by atoms with E-state index >= 15 is 0 Å². The van der Waals surface area contributed by atoms with E-state index in [1.807, 2.05) is 43.3 Å². The van der Waals surface area contributed by atoms with Gasteiger partial charge in [0.05, 0.1) is 4.90 Å². The van der Waals surface area contributed by atoms with Crippen molar-refractivity contribution in [2.45, 2.75) is 24.2 Å². The first kappa shape index (κ1) is 21.5. The molecule has 0 spiro atoms. The average molecular weight is 410 g/mol. The number of rotatable bonds is 10. The predicted molar refractivity (Wildman–Crippen MR) is 114 cm³/mol. The number of benzene rings is 2. The highest BCUT2D eigenvalue weighted by molar-refractivity contribution is 7.89. The normalized spacial score (nSPS) is 11.5. The lowest BCUT2D eigenvalue weighted by atomic mass is 10.1. The molecule has 8 heteroatoms. The maximum atomic E-state index is 12.7. The van der Waals surface area contributed by atoms with Crippen molar-refractivity contribution in [1.29, 1.82) is 0 Å². The third-order valence-electron chi connectivity index (χ3n) is 4.19. The van der Waals surface area contributed by atoms with Crippen LogP contribution in [-0.2, 0) is 14.8 Å². The van der Waals surface area contributed by atoms with Crippen molar-refractivity contribution < 1.29 is 13.2 Å². The second-order valence-electron chi connectivity index (χ2n) is 6.48. The molecule has 0 aliphatic rings. The van der Waals surface area contributed by atoms with E-state index in [1.54, 1.807) is 12.1 Å². The van der Waals surface area contributed by atoms with E-state index < -0.39 is 10.0 Å². The molecule has 0 unspecified atom stereocenters. The molecule has 0 aromatic heterocycles. The maximum Gasteiger partial charge on any atom is 0.241 e. The zero-order chi connectivity index (χ0) is 19.9. The van der Waals surface area contributed by atoms with Gasteiger partial charge in [0.25, 0.3) is 0 Å². The first-order valence-electron chi connectivity index (χ1n) is 8.92. The second kappa shape index (κ2) is 9.96. The summed E-state index contributed by atoms with van der Waals surface area (Å²) < 4.78 is 28.0. The summed E-state index contributed by atoms with van der Waals surface area (Å²) in [5, 5.41) is 4.37. The Morgan fingerprint density at radius 1 is 1.11 bits per heavy atom. The van der Waals surface area contributed by atoms with Crippen LogP contribution in [0, 0.1) is 0 Å². The monoisotopic (exact) mass is 409 g/mol. The smallest absolute Gasteiger partial charge is 0.241 e. The highest BCUT2D eigenvalue weighted by Gasteiger charge is 2.16. The summed E-state index contributed by atoms with van der Waals surface area (Å²) in [6, 6.07) is 11.0. The fourth-order valence-corrected chi connectivity index (χ4v) is 4.21. The van der Waals surface area contributed by atoms with Crippen molar-refractivity contribution in [1.82, 2.24) is 10.0 Å². The quantitative estimate of drug-likeness (QED) is 0.416. The molecule has 148 valence electrons. The molecule has 6 nitrogen and oxygen atoms in total. The first-order chi connectivity index (χ1) is 12.8. The van der Waals surface area contributed by atoms with Crippen LogP contribution in [0.5, 0.6) is 0 Å². The lowest BCUT2D eigenvalue weighted by Gasteiger charge is -2.14. The molecular weight excluding hydrogens is 382 g/mol. The summed E-state index contributed by atoms with van der Waals surface area (Å²) in [6.07, 6.45) is 1.75. The number of thiol groups is 1. The Balaban J connectivity index is 1.97. The van der Waals surface area contributed by atoms with Crippen molar-refractivity contribution in [3.05, 3.63) is 36.4 Å². The van der Waals surface area contributed by atoms with Gasteiger partial charge in [-0.1, -0.05) is 18.2 Å². The third-order valence-corrected chi connectivity index (χ3v) is 5.93. The summed E-state index contributed by atoms with van der Waals surface area (Å²) in [7, 11) is 0.304. The fourth-order valence-electron chi connectivity index (χ4n) is 2.71. The average Bonchev–Trinajstić information content (AvgIpc) is 2.63. The Kier molecular flexibility index (Phi) is 7.94. The molecule has 0 heterocycles. The molecule has 1 amide bonds. The Labute approximate surface area is 166 Å². The largest absolute Gasteiger partial charge is 0.378 e. The summed E-state index contributed by atoms with van der Waals surface area (Å²) in [6.45, 7) is 0.868. The van der Waals surface area contributed by atoms with Gasteiger partial charge in [0.1, 0.15) is 0 Å². The lowest BCUT2D eigenvalue weighted by Crippen LogP contribution is -2.27. The van der Waals surface area contributed by atoms with E-state index in [0.29, 0.717) is 43.5 Å². The van der Waals surface area contributed by atoms with E-state index in [2.05, 4.69) is 22.7 Å². The molecule has 0 fully saturated rings. The van der Waals surface area contributed by atoms with Gasteiger partial charge < -0.3 is 10.2 Å². The van der Waals surface area contributed by atoms with Crippen LogP contribution in [0.1, 0.15) is 19.3 Å². The zero-order valence-electron chi connectivity index (χ0n) is 15.7. The van der Waals surface area contributed by atoms with Gasteiger partial charge >= 0.3 is 0 Å². The number of sulfonamides is 1. The number of nitrogens with one attached hydrogen (secondary N) is 2. The molecule has 0 saturated carbocycles. The predicted octanol–water partition coefficient (Wildman–Crippen LogP) is 2.40. The number of hydrogen-bond donors (Lipinski definition) is 3. The number of amides is 1. The van der Waals surface area contributed by atoms with Crippen LogP contribution < -0.4 is 14.9 Å². The van der Waals surface area contributed by atoms with Crippen molar-refractivity contribution in [3.63, 3.8) is 0 Å². The van der Waals surface area contributed by atoms with Gasteiger partial charge in [-0.25, -0.2) is 13.1 Å². The minimum absolute atomic E-state index is 0.0292. The van der Waals surface area contributed by atoms with E-state index in [1.165, 1.54) is 0 Å². The highest BCUT2D eigenvalue weighted by atomic mass is 32.2. The second-order valence-corrected chi connectivity index (χ2v) is 8.67. The molecule has 2 rings (SSSR count). The number of hydrogen-bond acceptors (Lipinski definition) is 5. The Morgan fingerprint density at radius 3 is 2.56 bits per heavy atom. The van der Waals surface area contributed by atoms with Crippen LogP contribution in [0.4, 0.5) is 5.69 Å². The van der Waals surface area contributed by atoms with E-state index in [-0.39, 0.29) is 10.8 Å². The Hall–Kier alpha value is -1.77. The van der Waals surface area contributed by atoms with Gasteiger partial charge in [-0.2, -0.15) is 12.6 Å². The van der Waals surface area contributed by atoms with Gasteiger partial charge in [0.15, 0.2) is 0 Å². The topological polar surface area (TPSA) is 78.5 Å². The third kappa shape index (κ3) is 6.12. The molecule has 0 radical (unpaired) electrons. The molecular formula is C19H27N3O3S2. The number of anilines is 1. The molecule has 0 atom stereocenters. The number of nitrogens with zero attached hydrogens (tertiary/aromatic N) is 1. The van der Waals surface area contributed by atoms with Gasteiger partial charge in [-0.15, -0.1) is 0 Å². The Morgan fingerprint density at radius 2 is 1.85 bits per heavy atom. The van der Waals surface area contributed by atoms with E-state index in [0.717, 1.165) is 11.1 Å². The molecule has 0 saturated heterocycles. The summed E-state index contributed by atoms with van der Waals surface area (Å²) in [5.74, 6) is 0.491. The van der Waals surface area contributed by atoms with Gasteiger partial charge in [-0.3, -0.25) is 4.79 Å². The Bertz CT molecular complexity index is 883. The van der Waals surface area contributed by atoms with E-state index in [9.17, 15) is 13.2 Å². The summed E-state index contributed by atoms with van der Waals surface area (Å²) in [5.41, 5.74) is 1.02. The van der Waals surface area contributed by atoms with Crippen LogP contribution in [0.2, 0.25) is 0 Å². The minimum atomic E-state index is -3.59. The number of carbonyl (C=O) groups is 1. The standard InChI is InChI=1S/C19H27N3O3S2/c1-22(2)16-8-9-17-15(14-16)6-5-7-18(17)27(24,25)21-12-4-3-11-20-19(23)10-13-26/h5-9,14,21,26H,3-4,10-13H2,1-2H3,(H,20,23). The first-order valence-corrected chi connectivity index (χ1v) is 11.0. The minimum Gasteiger partial charge on any atom is -0.378 e. The van der Waals surface area contributed by atoms with Crippen LogP contribution in [0.25, 0.3) is 10.8 Å². The van der Waals surface area contributed by atoms with Crippen LogP contribution in [-0.4, -0.2) is 47.3 Å². The SMILES string of the molecule is CN(C)c1ccc2c(S(=O)(=O)NCCCCNC(=O)CCS)cccc2c1. The molecule has 2 N–H and O–H groups in total. The number of fused-ring (bicyclic) bond motifs is 1. The molecule has 0 aliphatic heterocycles. The zero-order valence-corrected chi connectivity index (χ0v) is 17.4. The lowest BCUT2D eigenvalue weighted by molar-refractivity contribution is -0.120. The fraction of sp³-hybridized carbons (Fsp3) is 0.421. The van der Waals surface area contributed by atoms with Crippen molar-refractivity contribution in [3.8, 4) is 0 Å².